The summed E-state index contributed by atoms with van der Waals surface area (Å²) in [7, 11) is 0. The van der Waals surface area contributed by atoms with Crippen LogP contribution in [0.4, 0.5) is 35.1 Å². The van der Waals surface area contributed by atoms with E-state index in [9.17, 15) is 54.6 Å². The van der Waals surface area contributed by atoms with Crippen molar-refractivity contribution in [2.45, 2.75) is 102 Å². The maximum atomic E-state index is 14.6. The summed E-state index contributed by atoms with van der Waals surface area (Å²) in [5.74, 6) is -8.90. The second-order valence-electron chi connectivity index (χ2n) is 9.23. The highest BCUT2D eigenvalue weighted by Gasteiger charge is 2.70. The molecule has 0 rings (SSSR count). The molecule has 0 radical (unpaired) electrons. The van der Waals surface area contributed by atoms with E-state index in [2.05, 4.69) is 22.6 Å². The second-order valence-corrected chi connectivity index (χ2v) is 9.23. The number of aliphatic hydroxyl groups is 1. The van der Waals surface area contributed by atoms with E-state index in [-0.39, 0.29) is 12.0 Å². The third kappa shape index (κ3) is 9.24. The van der Waals surface area contributed by atoms with Gasteiger partial charge >= 0.3 is 36.2 Å². The van der Waals surface area contributed by atoms with Crippen molar-refractivity contribution < 1.29 is 68.8 Å². The third-order valence-corrected chi connectivity index (χ3v) is 5.16. The number of esters is 3. The van der Waals surface area contributed by atoms with Gasteiger partial charge in [-0.1, -0.05) is 20.1 Å². The van der Waals surface area contributed by atoms with Crippen molar-refractivity contribution in [2.75, 3.05) is 0 Å². The van der Waals surface area contributed by atoms with Crippen molar-refractivity contribution in [3.8, 4) is 0 Å². The quantitative estimate of drug-likeness (QED) is 0.138. The van der Waals surface area contributed by atoms with Crippen LogP contribution in [0, 0.1) is 0 Å². The monoisotopic (exact) mass is 570 g/mol. The minimum absolute atomic E-state index is 0.186. The minimum atomic E-state index is -6.11. The molecule has 0 bridgehead atoms. The minimum Gasteiger partial charge on any atom is -0.459 e. The lowest BCUT2D eigenvalue weighted by Gasteiger charge is -2.34. The van der Waals surface area contributed by atoms with Gasteiger partial charge in [0.2, 0.25) is 0 Å². The number of rotatable bonds is 13. The Hall–Kier alpha value is -2.71. The number of hydrogen-bond donors (Lipinski definition) is 1. The van der Waals surface area contributed by atoms with Gasteiger partial charge in [-0.15, -0.1) is 0 Å². The maximum Gasteiger partial charge on any atom is 0.426 e. The number of carbonyl (C=O) groups is 3. The molecule has 0 aliphatic rings. The van der Waals surface area contributed by atoms with Gasteiger partial charge < -0.3 is 19.3 Å². The van der Waals surface area contributed by atoms with Crippen molar-refractivity contribution in [3.63, 3.8) is 0 Å². The first kappa shape index (κ1) is 35.3. The molecule has 0 aliphatic carbocycles. The fraction of sp³-hybridized carbons (Fsp3) is 0.696. The highest BCUT2D eigenvalue weighted by Crippen LogP contribution is 2.46. The molecule has 0 aromatic carbocycles. The molecule has 0 fully saturated rings. The van der Waals surface area contributed by atoms with Crippen LogP contribution in [0.2, 0.25) is 0 Å². The van der Waals surface area contributed by atoms with E-state index >= 15 is 0 Å². The molecule has 0 saturated heterocycles. The Bertz CT molecular complexity index is 892. The second kappa shape index (κ2) is 12.4. The van der Waals surface area contributed by atoms with Crippen molar-refractivity contribution in [3.05, 3.63) is 24.3 Å². The summed E-state index contributed by atoms with van der Waals surface area (Å²) >= 11 is 0. The van der Waals surface area contributed by atoms with E-state index in [0.717, 1.165) is 0 Å². The first-order chi connectivity index (χ1) is 16.8. The van der Waals surface area contributed by atoms with Gasteiger partial charge in [0.15, 0.2) is 6.10 Å². The Morgan fingerprint density at radius 1 is 0.895 bits per heavy atom. The first-order valence-electron chi connectivity index (χ1n) is 11.0. The Morgan fingerprint density at radius 2 is 1.37 bits per heavy atom. The van der Waals surface area contributed by atoms with Gasteiger partial charge in [0.05, 0.1) is 0 Å². The number of carbonyl (C=O) groups excluding carboxylic acids is 3. The molecule has 7 nitrogen and oxygen atoms in total. The number of alkyl halides is 8. The van der Waals surface area contributed by atoms with Gasteiger partial charge in [-0.05, 0) is 47.0 Å². The summed E-state index contributed by atoms with van der Waals surface area (Å²) in [6.45, 7) is 12.0. The molecule has 0 aliphatic heterocycles. The van der Waals surface area contributed by atoms with Crippen LogP contribution in [0.25, 0.3) is 0 Å². The summed E-state index contributed by atoms with van der Waals surface area (Å²) in [4.78, 5) is 35.8. The van der Waals surface area contributed by atoms with Crippen LogP contribution in [0.3, 0.4) is 0 Å². The molecule has 0 aromatic rings. The predicted octanol–water partition coefficient (Wildman–Crippen LogP) is 5.36. The van der Waals surface area contributed by atoms with Gasteiger partial charge in [-0.3, -0.25) is 0 Å². The van der Waals surface area contributed by atoms with Gasteiger partial charge in [0.25, 0.3) is 5.60 Å². The van der Waals surface area contributed by atoms with E-state index in [1.165, 1.54) is 27.7 Å². The SMILES string of the molecule is C=C(C)C(=O)OC(CC)C(F)(F)C(=O)OC(C)(C)CCC(=C)C(=O)OC(C)CC(O)(C(F)(F)F)C(F)(F)F. The van der Waals surface area contributed by atoms with Crippen LogP contribution >= 0.6 is 0 Å². The van der Waals surface area contributed by atoms with Crippen molar-refractivity contribution in [2.24, 2.45) is 0 Å². The zero-order valence-electron chi connectivity index (χ0n) is 21.3. The van der Waals surface area contributed by atoms with Crippen LogP contribution in [-0.4, -0.2) is 64.7 Å². The van der Waals surface area contributed by atoms with Crippen LogP contribution in [0.5, 0.6) is 0 Å². The maximum absolute atomic E-state index is 14.6. The standard InChI is InChI=1S/C23H30F8O7/c1-8-15(37-16(32)12(2)3)21(24,25)18(34)38-19(6,7)10-9-13(4)17(33)36-14(5)11-20(35,22(26,27)28)23(29,30)31/h14-15,35H,2,4,8-11H2,1,3,5-7H3. The Labute approximate surface area is 213 Å². The number of halogens is 8. The van der Waals surface area contributed by atoms with Crippen molar-refractivity contribution in [1.82, 2.24) is 0 Å². The Kier molecular flexibility index (Phi) is 11.5. The molecular weight excluding hydrogens is 540 g/mol. The Morgan fingerprint density at radius 3 is 1.76 bits per heavy atom. The first-order valence-corrected chi connectivity index (χ1v) is 11.0. The van der Waals surface area contributed by atoms with E-state index in [0.29, 0.717) is 6.92 Å². The average molecular weight is 570 g/mol. The van der Waals surface area contributed by atoms with Crippen LogP contribution in [0.15, 0.2) is 24.3 Å². The zero-order chi connectivity index (χ0) is 30.5. The topological polar surface area (TPSA) is 99.1 Å². The predicted molar refractivity (Wildman–Crippen MR) is 116 cm³/mol. The lowest BCUT2D eigenvalue weighted by atomic mass is 9.95. The zero-order valence-corrected chi connectivity index (χ0v) is 21.3. The largest absolute Gasteiger partial charge is 0.459 e. The van der Waals surface area contributed by atoms with E-state index in [4.69, 9.17) is 4.74 Å². The normalized spacial score (nSPS) is 14.8. The summed E-state index contributed by atoms with van der Waals surface area (Å²) < 4.78 is 120. The molecule has 0 spiro atoms. The molecule has 0 heterocycles. The fourth-order valence-corrected chi connectivity index (χ4v) is 2.81. The molecule has 15 heteroatoms. The lowest BCUT2D eigenvalue weighted by molar-refractivity contribution is -0.373. The van der Waals surface area contributed by atoms with Gasteiger partial charge in [0.1, 0.15) is 11.7 Å². The van der Waals surface area contributed by atoms with E-state index < -0.39 is 84.4 Å². The molecular formula is C23H30F8O7. The molecule has 38 heavy (non-hydrogen) atoms. The van der Waals surface area contributed by atoms with Gasteiger partial charge in [0, 0.05) is 17.6 Å². The van der Waals surface area contributed by atoms with Gasteiger partial charge in [-0.25, -0.2) is 14.4 Å². The third-order valence-electron chi connectivity index (χ3n) is 5.16. The smallest absolute Gasteiger partial charge is 0.426 e. The average Bonchev–Trinajstić information content (AvgIpc) is 2.73. The molecule has 220 valence electrons. The summed E-state index contributed by atoms with van der Waals surface area (Å²) in [5.41, 5.74) is -7.50. The van der Waals surface area contributed by atoms with Crippen molar-refractivity contribution >= 4 is 17.9 Å². The number of ether oxygens (including phenoxy) is 3. The van der Waals surface area contributed by atoms with Crippen LogP contribution < -0.4 is 0 Å². The molecule has 1 N–H and O–H groups in total. The molecule has 2 unspecified atom stereocenters. The summed E-state index contributed by atoms with van der Waals surface area (Å²) in [5, 5.41) is 9.19. The highest BCUT2D eigenvalue weighted by atomic mass is 19.4. The van der Waals surface area contributed by atoms with E-state index in [1.54, 1.807) is 0 Å². The Balaban J connectivity index is 5.20. The molecule has 0 saturated carbocycles. The fourth-order valence-electron chi connectivity index (χ4n) is 2.81. The van der Waals surface area contributed by atoms with Crippen LogP contribution in [-0.2, 0) is 28.6 Å². The lowest BCUT2D eigenvalue weighted by Crippen LogP contribution is -2.58. The molecule has 2 atom stereocenters. The van der Waals surface area contributed by atoms with Crippen LogP contribution in [0.1, 0.15) is 60.3 Å². The molecule has 0 aromatic heterocycles. The van der Waals surface area contributed by atoms with Gasteiger partial charge in [-0.2, -0.15) is 35.1 Å². The highest BCUT2D eigenvalue weighted by molar-refractivity contribution is 5.88. The number of hydrogen-bond acceptors (Lipinski definition) is 7. The van der Waals surface area contributed by atoms with E-state index in [1.807, 2.05) is 0 Å². The molecule has 0 amide bonds. The summed E-state index contributed by atoms with van der Waals surface area (Å²) in [6, 6.07) is 0. The van der Waals surface area contributed by atoms with Crippen molar-refractivity contribution in [1.29, 1.82) is 0 Å². The summed E-state index contributed by atoms with van der Waals surface area (Å²) in [6.07, 6.45) is -19.8.